The first kappa shape index (κ1) is 18.2. The average molecular weight is 348 g/mol. The van der Waals surface area contributed by atoms with Gasteiger partial charge in [-0.25, -0.2) is 0 Å². The van der Waals surface area contributed by atoms with Gasteiger partial charge in [0.25, 0.3) is 5.91 Å². The van der Waals surface area contributed by atoms with E-state index in [0.717, 1.165) is 25.1 Å². The van der Waals surface area contributed by atoms with Crippen LogP contribution in [0.3, 0.4) is 0 Å². The number of aliphatic hydroxyl groups excluding tert-OH is 1. The van der Waals surface area contributed by atoms with Crippen molar-refractivity contribution in [3.05, 3.63) is 29.8 Å². The highest BCUT2D eigenvalue weighted by atomic mass is 16.5. The number of nitrogens with zero attached hydrogens (tertiary/aromatic N) is 2. The van der Waals surface area contributed by atoms with Gasteiger partial charge in [-0.1, -0.05) is 0 Å². The third-order valence-corrected chi connectivity index (χ3v) is 5.14. The number of piperidine rings is 1. The number of carbonyl (C=O) groups is 1. The molecule has 1 aromatic carbocycles. The Hall–Kier alpha value is -1.63. The van der Waals surface area contributed by atoms with Crippen LogP contribution in [0.2, 0.25) is 0 Å². The fraction of sp³-hybridized carbons (Fsp3) is 0.632. The summed E-state index contributed by atoms with van der Waals surface area (Å²) in [5.41, 5.74) is 0.191. The average Bonchev–Trinajstić information content (AvgIpc) is 3.07. The van der Waals surface area contributed by atoms with E-state index in [0.29, 0.717) is 38.3 Å². The van der Waals surface area contributed by atoms with E-state index in [1.807, 2.05) is 26.2 Å². The van der Waals surface area contributed by atoms with Crippen LogP contribution in [0.1, 0.15) is 29.6 Å². The van der Waals surface area contributed by atoms with Gasteiger partial charge in [0.2, 0.25) is 0 Å². The second-order valence-electron chi connectivity index (χ2n) is 7.21. The Morgan fingerprint density at radius 3 is 2.72 bits per heavy atom. The summed E-state index contributed by atoms with van der Waals surface area (Å²) in [5, 5.41) is 10.5. The van der Waals surface area contributed by atoms with Crippen molar-refractivity contribution in [1.29, 1.82) is 0 Å². The molecule has 6 nitrogen and oxygen atoms in total. The fourth-order valence-electron chi connectivity index (χ4n) is 3.54. The van der Waals surface area contributed by atoms with Gasteiger partial charge in [0, 0.05) is 31.8 Å². The van der Waals surface area contributed by atoms with Crippen molar-refractivity contribution in [3.63, 3.8) is 0 Å². The molecule has 6 heteroatoms. The second kappa shape index (κ2) is 7.72. The van der Waals surface area contributed by atoms with Crippen LogP contribution in [0.5, 0.6) is 5.75 Å². The minimum Gasteiger partial charge on any atom is -0.492 e. The van der Waals surface area contributed by atoms with Crippen LogP contribution in [0.15, 0.2) is 24.3 Å². The first-order chi connectivity index (χ1) is 12.0. The molecule has 2 atom stereocenters. The molecule has 1 aromatic rings. The van der Waals surface area contributed by atoms with Gasteiger partial charge >= 0.3 is 0 Å². The number of ether oxygens (including phenoxy) is 2. The molecule has 0 saturated carbocycles. The van der Waals surface area contributed by atoms with Gasteiger partial charge in [0.1, 0.15) is 18.5 Å². The van der Waals surface area contributed by atoms with E-state index in [2.05, 4.69) is 4.90 Å². The van der Waals surface area contributed by atoms with Gasteiger partial charge in [-0.15, -0.1) is 0 Å². The van der Waals surface area contributed by atoms with Gasteiger partial charge in [0.15, 0.2) is 0 Å². The lowest BCUT2D eigenvalue weighted by molar-refractivity contribution is -0.122. The van der Waals surface area contributed by atoms with Crippen molar-refractivity contribution >= 4 is 5.91 Å². The van der Waals surface area contributed by atoms with Crippen LogP contribution in [0.4, 0.5) is 0 Å². The second-order valence-corrected chi connectivity index (χ2v) is 7.21. The van der Waals surface area contributed by atoms with Gasteiger partial charge in [-0.05, 0) is 57.6 Å². The number of likely N-dealkylation sites (tertiary alicyclic amines) is 1. The number of amides is 1. The van der Waals surface area contributed by atoms with Crippen LogP contribution in [-0.2, 0) is 4.74 Å². The number of benzene rings is 1. The van der Waals surface area contributed by atoms with E-state index in [-0.39, 0.29) is 5.91 Å². The number of hydrogen-bond donors (Lipinski definition) is 1. The highest BCUT2D eigenvalue weighted by Crippen LogP contribution is 2.36. The number of β-amino-alcohol motifs (C(OH)–C–C–N with tert-alkyl or cyclic N) is 1. The molecule has 1 spiro atoms. The maximum atomic E-state index is 12.7. The SMILES string of the molecule is CN(C)CCOc1ccc(C(=O)N2CC[C@@]3(CCCO3)[C@@H](O)C2)cc1. The molecule has 0 aromatic heterocycles. The predicted molar refractivity (Wildman–Crippen MR) is 94.9 cm³/mol. The molecule has 2 aliphatic rings. The van der Waals surface area contributed by atoms with E-state index in [9.17, 15) is 9.90 Å². The van der Waals surface area contributed by atoms with E-state index < -0.39 is 11.7 Å². The molecule has 1 amide bonds. The van der Waals surface area contributed by atoms with Gasteiger partial charge in [-0.3, -0.25) is 4.79 Å². The molecule has 2 aliphatic heterocycles. The lowest BCUT2D eigenvalue weighted by Crippen LogP contribution is -2.56. The van der Waals surface area contributed by atoms with Crippen LogP contribution in [-0.4, -0.2) is 79.5 Å². The lowest BCUT2D eigenvalue weighted by atomic mass is 9.86. The zero-order chi connectivity index (χ0) is 17.9. The van der Waals surface area contributed by atoms with Crippen LogP contribution in [0.25, 0.3) is 0 Å². The number of rotatable bonds is 5. The molecule has 2 saturated heterocycles. The van der Waals surface area contributed by atoms with Crippen molar-refractivity contribution in [3.8, 4) is 5.75 Å². The van der Waals surface area contributed by atoms with Crippen molar-refractivity contribution < 1.29 is 19.4 Å². The van der Waals surface area contributed by atoms with Crippen molar-refractivity contribution in [2.45, 2.75) is 31.0 Å². The Labute approximate surface area is 149 Å². The van der Waals surface area contributed by atoms with Gasteiger partial charge in [0.05, 0.1) is 5.60 Å². The molecule has 1 N–H and O–H groups in total. The number of aliphatic hydroxyl groups is 1. The monoisotopic (exact) mass is 348 g/mol. The number of hydrogen-bond acceptors (Lipinski definition) is 5. The van der Waals surface area contributed by atoms with Crippen LogP contribution in [0, 0.1) is 0 Å². The molecular formula is C19H28N2O4. The standard InChI is InChI=1S/C19H28N2O4/c1-20(2)11-13-24-16-6-4-15(5-7-16)18(23)21-10-9-19(17(22)14-21)8-3-12-25-19/h4-7,17,22H,3,8-14H2,1-2H3/t17-,19-/m0/s1. The minimum atomic E-state index is -0.610. The van der Waals surface area contributed by atoms with Crippen LogP contribution < -0.4 is 4.74 Å². The maximum absolute atomic E-state index is 12.7. The lowest BCUT2D eigenvalue weighted by Gasteiger charge is -2.42. The summed E-state index contributed by atoms with van der Waals surface area (Å²) in [6.07, 6.45) is 1.96. The summed E-state index contributed by atoms with van der Waals surface area (Å²) in [7, 11) is 4.00. The van der Waals surface area contributed by atoms with E-state index in [1.165, 1.54) is 0 Å². The molecule has 0 radical (unpaired) electrons. The molecule has 2 heterocycles. The Kier molecular flexibility index (Phi) is 5.61. The molecule has 2 fully saturated rings. The van der Waals surface area contributed by atoms with E-state index >= 15 is 0 Å². The Morgan fingerprint density at radius 1 is 1.36 bits per heavy atom. The summed E-state index contributed by atoms with van der Waals surface area (Å²) in [6, 6.07) is 7.22. The zero-order valence-corrected chi connectivity index (χ0v) is 15.1. The third-order valence-electron chi connectivity index (χ3n) is 5.14. The summed E-state index contributed by atoms with van der Waals surface area (Å²) < 4.78 is 11.4. The van der Waals surface area contributed by atoms with Gasteiger partial charge < -0.3 is 24.4 Å². The van der Waals surface area contributed by atoms with Crippen molar-refractivity contribution in [1.82, 2.24) is 9.80 Å². The smallest absolute Gasteiger partial charge is 0.253 e. The molecule has 25 heavy (non-hydrogen) atoms. The molecule has 3 rings (SSSR count). The molecular weight excluding hydrogens is 320 g/mol. The van der Waals surface area contributed by atoms with E-state index in [4.69, 9.17) is 9.47 Å². The first-order valence-electron chi connectivity index (χ1n) is 8.99. The summed E-state index contributed by atoms with van der Waals surface area (Å²) >= 11 is 0. The molecule has 138 valence electrons. The van der Waals surface area contributed by atoms with E-state index in [1.54, 1.807) is 17.0 Å². The Bertz CT molecular complexity index is 582. The fourth-order valence-corrected chi connectivity index (χ4v) is 3.54. The highest BCUT2D eigenvalue weighted by Gasteiger charge is 2.46. The number of likely N-dealkylation sites (N-methyl/N-ethyl adjacent to an activating group) is 1. The minimum absolute atomic E-state index is 0.0493. The summed E-state index contributed by atoms with van der Waals surface area (Å²) in [5.74, 6) is 0.710. The third kappa shape index (κ3) is 4.14. The van der Waals surface area contributed by atoms with Crippen LogP contribution >= 0.6 is 0 Å². The largest absolute Gasteiger partial charge is 0.492 e. The van der Waals surface area contributed by atoms with Crippen molar-refractivity contribution in [2.24, 2.45) is 0 Å². The summed E-state index contributed by atoms with van der Waals surface area (Å²) in [6.45, 7) is 3.12. The predicted octanol–water partition coefficient (Wildman–Crippen LogP) is 1.38. The topological polar surface area (TPSA) is 62.2 Å². The summed E-state index contributed by atoms with van der Waals surface area (Å²) in [4.78, 5) is 16.5. The molecule has 0 unspecified atom stereocenters. The Morgan fingerprint density at radius 2 is 2.12 bits per heavy atom. The number of carbonyl (C=O) groups excluding carboxylic acids is 1. The maximum Gasteiger partial charge on any atom is 0.253 e. The molecule has 0 aliphatic carbocycles. The zero-order valence-electron chi connectivity index (χ0n) is 15.1. The first-order valence-corrected chi connectivity index (χ1v) is 8.99. The van der Waals surface area contributed by atoms with Gasteiger partial charge in [-0.2, -0.15) is 0 Å². The normalized spacial score (nSPS) is 26.4. The molecule has 0 bridgehead atoms. The quantitative estimate of drug-likeness (QED) is 0.871. The Balaban J connectivity index is 1.56. The van der Waals surface area contributed by atoms with Crippen molar-refractivity contribution in [2.75, 3.05) is 46.9 Å². The highest BCUT2D eigenvalue weighted by molar-refractivity contribution is 5.94.